The maximum Gasteiger partial charge on any atom is 0.273 e. The Morgan fingerprint density at radius 2 is 2.35 bits per heavy atom. The molecular weight excluding hydrogens is 250 g/mol. The van der Waals surface area contributed by atoms with E-state index in [2.05, 4.69) is 14.7 Å². The van der Waals surface area contributed by atoms with Gasteiger partial charge in [0.05, 0.1) is 16.0 Å². The number of nitro groups is 1. The number of nitro benzene ring substituents is 1. The SMILES string of the molecule is O=[N+]([O-])c1ccc(Cl)c(OCc2ncon2)c1. The number of aromatic nitrogens is 2. The Morgan fingerprint density at radius 1 is 1.53 bits per heavy atom. The van der Waals surface area contributed by atoms with Crippen molar-refractivity contribution in [1.82, 2.24) is 10.1 Å². The first-order chi connectivity index (χ1) is 8.16. The van der Waals surface area contributed by atoms with E-state index in [4.69, 9.17) is 16.3 Å². The van der Waals surface area contributed by atoms with E-state index in [-0.39, 0.29) is 23.1 Å². The molecule has 0 aliphatic heterocycles. The smallest absolute Gasteiger partial charge is 0.273 e. The highest BCUT2D eigenvalue weighted by atomic mass is 35.5. The molecular formula is C9H6ClN3O4. The molecule has 2 aromatic rings. The molecule has 7 nitrogen and oxygen atoms in total. The Balaban J connectivity index is 2.14. The van der Waals surface area contributed by atoms with Gasteiger partial charge in [0.25, 0.3) is 5.69 Å². The van der Waals surface area contributed by atoms with Crippen LogP contribution in [0.3, 0.4) is 0 Å². The fourth-order valence-corrected chi connectivity index (χ4v) is 1.29. The van der Waals surface area contributed by atoms with Crippen LogP contribution in [0.2, 0.25) is 5.02 Å². The van der Waals surface area contributed by atoms with Crippen LogP contribution in [-0.4, -0.2) is 15.1 Å². The predicted octanol–water partition coefficient (Wildman–Crippen LogP) is 2.21. The molecule has 0 aliphatic carbocycles. The number of ether oxygens (including phenoxy) is 1. The highest BCUT2D eigenvalue weighted by Gasteiger charge is 2.11. The molecule has 17 heavy (non-hydrogen) atoms. The van der Waals surface area contributed by atoms with E-state index in [0.717, 1.165) is 6.39 Å². The first-order valence-corrected chi connectivity index (χ1v) is 4.86. The van der Waals surface area contributed by atoms with Gasteiger partial charge in [0, 0.05) is 6.07 Å². The minimum absolute atomic E-state index is 0.0252. The van der Waals surface area contributed by atoms with E-state index in [1.807, 2.05) is 0 Å². The molecule has 0 unspecified atom stereocenters. The molecule has 1 aromatic heterocycles. The summed E-state index contributed by atoms with van der Waals surface area (Å²) >= 11 is 5.83. The van der Waals surface area contributed by atoms with Crippen molar-refractivity contribution in [2.45, 2.75) is 6.61 Å². The van der Waals surface area contributed by atoms with Gasteiger partial charge in [-0.05, 0) is 6.07 Å². The lowest BCUT2D eigenvalue weighted by Crippen LogP contribution is -1.98. The molecule has 8 heteroatoms. The van der Waals surface area contributed by atoms with Crippen LogP contribution in [0.25, 0.3) is 0 Å². The lowest BCUT2D eigenvalue weighted by molar-refractivity contribution is -0.384. The summed E-state index contributed by atoms with van der Waals surface area (Å²) in [6, 6.07) is 3.93. The molecule has 0 saturated carbocycles. The average Bonchev–Trinajstić information content (AvgIpc) is 2.80. The molecule has 0 fully saturated rings. The molecule has 88 valence electrons. The second-order valence-corrected chi connectivity index (χ2v) is 3.42. The minimum atomic E-state index is -0.530. The van der Waals surface area contributed by atoms with Crippen molar-refractivity contribution in [3.63, 3.8) is 0 Å². The lowest BCUT2D eigenvalue weighted by Gasteiger charge is -2.04. The molecule has 0 atom stereocenters. The van der Waals surface area contributed by atoms with Gasteiger partial charge in [-0.1, -0.05) is 16.8 Å². The van der Waals surface area contributed by atoms with E-state index in [0.29, 0.717) is 5.82 Å². The second kappa shape index (κ2) is 4.79. The zero-order chi connectivity index (χ0) is 12.3. The number of halogens is 1. The minimum Gasteiger partial charge on any atom is -0.484 e. The molecule has 0 saturated heterocycles. The number of benzene rings is 1. The van der Waals surface area contributed by atoms with Gasteiger partial charge in [0.1, 0.15) is 5.75 Å². The lowest BCUT2D eigenvalue weighted by atomic mass is 10.3. The molecule has 0 amide bonds. The van der Waals surface area contributed by atoms with Crippen molar-refractivity contribution >= 4 is 17.3 Å². The van der Waals surface area contributed by atoms with E-state index >= 15 is 0 Å². The zero-order valence-electron chi connectivity index (χ0n) is 8.37. The van der Waals surface area contributed by atoms with Crippen LogP contribution in [0, 0.1) is 10.1 Å². The van der Waals surface area contributed by atoms with Crippen LogP contribution >= 0.6 is 11.6 Å². The molecule has 0 spiro atoms. The first kappa shape index (κ1) is 11.3. The van der Waals surface area contributed by atoms with Crippen molar-refractivity contribution in [3.8, 4) is 5.75 Å². The van der Waals surface area contributed by atoms with E-state index in [1.54, 1.807) is 0 Å². The number of hydrogen-bond donors (Lipinski definition) is 0. The Hall–Kier alpha value is -2.15. The third-order valence-electron chi connectivity index (χ3n) is 1.89. The summed E-state index contributed by atoms with van der Waals surface area (Å²) in [5, 5.41) is 14.4. The maximum absolute atomic E-state index is 10.6. The Morgan fingerprint density at radius 3 is 3.00 bits per heavy atom. The molecule has 1 aromatic carbocycles. The number of nitrogens with zero attached hydrogens (tertiary/aromatic N) is 3. The highest BCUT2D eigenvalue weighted by molar-refractivity contribution is 6.32. The normalized spacial score (nSPS) is 10.2. The molecule has 2 rings (SSSR count). The van der Waals surface area contributed by atoms with Crippen LogP contribution in [0.1, 0.15) is 5.82 Å². The van der Waals surface area contributed by atoms with Crippen molar-refractivity contribution in [3.05, 3.63) is 45.6 Å². The van der Waals surface area contributed by atoms with Gasteiger partial charge in [-0.25, -0.2) is 0 Å². The van der Waals surface area contributed by atoms with Crippen LogP contribution in [-0.2, 0) is 6.61 Å². The number of non-ortho nitro benzene ring substituents is 1. The highest BCUT2D eigenvalue weighted by Crippen LogP contribution is 2.29. The van der Waals surface area contributed by atoms with Crippen LogP contribution in [0.4, 0.5) is 5.69 Å². The van der Waals surface area contributed by atoms with Gasteiger partial charge >= 0.3 is 0 Å². The van der Waals surface area contributed by atoms with Crippen LogP contribution in [0.15, 0.2) is 29.1 Å². The summed E-state index contributed by atoms with van der Waals surface area (Å²) < 4.78 is 9.76. The summed E-state index contributed by atoms with van der Waals surface area (Å²) in [5.74, 6) is 0.526. The van der Waals surface area contributed by atoms with Gasteiger partial charge in [-0.15, -0.1) is 0 Å². The Bertz CT molecular complexity index is 529. The van der Waals surface area contributed by atoms with E-state index < -0.39 is 4.92 Å². The number of rotatable bonds is 4. The molecule has 0 aliphatic rings. The van der Waals surface area contributed by atoms with E-state index in [9.17, 15) is 10.1 Å². The van der Waals surface area contributed by atoms with Crippen LogP contribution in [0.5, 0.6) is 5.75 Å². The fourth-order valence-electron chi connectivity index (χ4n) is 1.11. The summed E-state index contributed by atoms with van der Waals surface area (Å²) in [7, 11) is 0. The fraction of sp³-hybridized carbons (Fsp3) is 0.111. The standard InChI is InChI=1S/C9H6ClN3O4/c10-7-2-1-6(13(14)15)3-8(7)16-4-9-11-5-17-12-9/h1-3,5H,4H2. The van der Waals surface area contributed by atoms with Gasteiger partial charge in [0.15, 0.2) is 6.61 Å². The topological polar surface area (TPSA) is 91.3 Å². The second-order valence-electron chi connectivity index (χ2n) is 3.01. The summed E-state index contributed by atoms with van der Waals surface area (Å²) in [6.07, 6.45) is 1.16. The average molecular weight is 256 g/mol. The largest absolute Gasteiger partial charge is 0.484 e. The summed E-state index contributed by atoms with van der Waals surface area (Å²) in [6.45, 7) is 0.0252. The van der Waals surface area contributed by atoms with Crippen molar-refractivity contribution in [1.29, 1.82) is 0 Å². The molecule has 0 radical (unpaired) electrons. The Kier molecular flexibility index (Phi) is 3.20. The monoisotopic (exact) mass is 255 g/mol. The first-order valence-electron chi connectivity index (χ1n) is 4.49. The van der Waals surface area contributed by atoms with Crippen molar-refractivity contribution in [2.75, 3.05) is 0 Å². The number of hydrogen-bond acceptors (Lipinski definition) is 6. The molecule has 0 N–H and O–H groups in total. The molecule has 0 bridgehead atoms. The summed E-state index contributed by atoms with van der Waals surface area (Å²) in [4.78, 5) is 13.8. The van der Waals surface area contributed by atoms with Gasteiger partial charge in [-0.3, -0.25) is 10.1 Å². The van der Waals surface area contributed by atoms with Gasteiger partial charge < -0.3 is 9.26 Å². The quantitative estimate of drug-likeness (QED) is 0.614. The third kappa shape index (κ3) is 2.70. The third-order valence-corrected chi connectivity index (χ3v) is 2.20. The summed E-state index contributed by atoms with van der Waals surface area (Å²) in [5.41, 5.74) is -0.0995. The maximum atomic E-state index is 10.6. The van der Waals surface area contributed by atoms with Gasteiger partial charge in [0.2, 0.25) is 12.2 Å². The van der Waals surface area contributed by atoms with Crippen molar-refractivity contribution in [2.24, 2.45) is 0 Å². The van der Waals surface area contributed by atoms with E-state index in [1.165, 1.54) is 18.2 Å². The molecule has 1 heterocycles. The van der Waals surface area contributed by atoms with Crippen molar-refractivity contribution < 1.29 is 14.2 Å². The predicted molar refractivity (Wildman–Crippen MR) is 56.7 cm³/mol. The van der Waals surface area contributed by atoms with Crippen LogP contribution < -0.4 is 4.74 Å². The van der Waals surface area contributed by atoms with Gasteiger partial charge in [-0.2, -0.15) is 4.98 Å². The zero-order valence-corrected chi connectivity index (χ0v) is 9.13. The Labute approximate surface area is 100 Å².